The van der Waals surface area contributed by atoms with Gasteiger partial charge >= 0.3 is 0 Å². The molecule has 1 atom stereocenters. The van der Waals surface area contributed by atoms with Crippen molar-refractivity contribution in [2.45, 2.75) is 32.6 Å². The second-order valence-corrected chi connectivity index (χ2v) is 6.43. The quantitative estimate of drug-likeness (QED) is 0.670. The molecule has 1 unspecified atom stereocenters. The first-order valence-corrected chi connectivity index (χ1v) is 8.59. The van der Waals surface area contributed by atoms with E-state index in [1.165, 1.54) is 10.9 Å². The van der Waals surface area contributed by atoms with Gasteiger partial charge in [0.1, 0.15) is 0 Å². The first kappa shape index (κ1) is 17.0. The van der Waals surface area contributed by atoms with Crippen LogP contribution in [0.3, 0.4) is 0 Å². The summed E-state index contributed by atoms with van der Waals surface area (Å²) >= 11 is 3.49. The van der Waals surface area contributed by atoms with E-state index < -0.39 is 0 Å². The number of amides is 1. The molecule has 0 fully saturated rings. The van der Waals surface area contributed by atoms with Crippen LogP contribution in [-0.4, -0.2) is 29.1 Å². The van der Waals surface area contributed by atoms with Crippen LogP contribution in [0.4, 0.5) is 0 Å². The van der Waals surface area contributed by atoms with Crippen molar-refractivity contribution in [3.63, 3.8) is 0 Å². The molecular weight excluding hydrogens is 344 g/mol. The van der Waals surface area contributed by atoms with Crippen LogP contribution in [0, 0.1) is 5.92 Å². The third-order valence-electron chi connectivity index (χ3n) is 4.00. The summed E-state index contributed by atoms with van der Waals surface area (Å²) in [7, 11) is 0. The van der Waals surface area contributed by atoms with Crippen molar-refractivity contribution in [2.24, 2.45) is 5.92 Å². The maximum absolute atomic E-state index is 12.1. The van der Waals surface area contributed by atoms with Gasteiger partial charge in [-0.25, -0.2) is 0 Å². The van der Waals surface area contributed by atoms with E-state index in [4.69, 9.17) is 5.11 Å². The van der Waals surface area contributed by atoms with E-state index in [9.17, 15) is 4.79 Å². The molecule has 1 heterocycles. The summed E-state index contributed by atoms with van der Waals surface area (Å²) in [6, 6.07) is 6.15. The van der Waals surface area contributed by atoms with Gasteiger partial charge in [-0.15, -0.1) is 0 Å². The van der Waals surface area contributed by atoms with Gasteiger partial charge in [0, 0.05) is 40.6 Å². The number of hydrogen-bond donors (Lipinski definition) is 3. The molecule has 3 N–H and O–H groups in total. The Morgan fingerprint density at radius 1 is 1.45 bits per heavy atom. The first-order chi connectivity index (χ1) is 10.7. The van der Waals surface area contributed by atoms with Gasteiger partial charge < -0.3 is 15.4 Å². The summed E-state index contributed by atoms with van der Waals surface area (Å²) in [5.41, 5.74) is 2.32. The molecule has 4 nitrogen and oxygen atoms in total. The molecule has 1 aromatic heterocycles. The average molecular weight is 367 g/mol. The summed E-state index contributed by atoms with van der Waals surface area (Å²) in [6.07, 6.45) is 5.05. The Morgan fingerprint density at radius 3 is 3.00 bits per heavy atom. The minimum absolute atomic E-state index is 0.00395. The highest BCUT2D eigenvalue weighted by molar-refractivity contribution is 9.10. The molecule has 0 saturated carbocycles. The number of aliphatic hydroxyl groups is 1. The zero-order valence-electron chi connectivity index (χ0n) is 12.9. The second-order valence-electron chi connectivity index (χ2n) is 5.52. The molecule has 0 aliphatic rings. The predicted octanol–water partition coefficient (Wildman–Crippen LogP) is 3.39. The minimum Gasteiger partial charge on any atom is -0.396 e. The average Bonchev–Trinajstić information content (AvgIpc) is 2.90. The second kappa shape index (κ2) is 8.34. The van der Waals surface area contributed by atoms with Crippen molar-refractivity contribution in [1.82, 2.24) is 10.3 Å². The zero-order valence-corrected chi connectivity index (χ0v) is 14.4. The van der Waals surface area contributed by atoms with Gasteiger partial charge in [0.05, 0.1) is 0 Å². The van der Waals surface area contributed by atoms with Crippen molar-refractivity contribution in [3.05, 3.63) is 34.4 Å². The fourth-order valence-corrected chi connectivity index (χ4v) is 3.04. The van der Waals surface area contributed by atoms with Crippen LogP contribution in [0.1, 0.15) is 31.7 Å². The summed E-state index contributed by atoms with van der Waals surface area (Å²) in [4.78, 5) is 15.4. The van der Waals surface area contributed by atoms with Crippen LogP contribution >= 0.6 is 15.9 Å². The topological polar surface area (TPSA) is 65.1 Å². The highest BCUT2D eigenvalue weighted by Crippen LogP contribution is 2.22. The van der Waals surface area contributed by atoms with E-state index in [-0.39, 0.29) is 18.4 Å². The lowest BCUT2D eigenvalue weighted by molar-refractivity contribution is -0.125. The Morgan fingerprint density at radius 2 is 2.27 bits per heavy atom. The molecule has 0 aliphatic carbocycles. The first-order valence-electron chi connectivity index (χ1n) is 7.79. The smallest absolute Gasteiger partial charge is 0.223 e. The number of carbonyl (C=O) groups is 1. The number of fused-ring (bicyclic) bond motifs is 1. The largest absolute Gasteiger partial charge is 0.396 e. The van der Waals surface area contributed by atoms with E-state index in [0.29, 0.717) is 13.0 Å². The van der Waals surface area contributed by atoms with E-state index >= 15 is 0 Å². The van der Waals surface area contributed by atoms with E-state index in [1.807, 2.05) is 25.3 Å². The van der Waals surface area contributed by atoms with Gasteiger partial charge in [-0.2, -0.15) is 0 Å². The van der Waals surface area contributed by atoms with Crippen LogP contribution < -0.4 is 5.32 Å². The van der Waals surface area contributed by atoms with Crippen molar-refractivity contribution in [2.75, 3.05) is 13.2 Å². The van der Waals surface area contributed by atoms with E-state index in [1.54, 1.807) is 0 Å². The predicted molar refractivity (Wildman–Crippen MR) is 92.8 cm³/mol. The fourth-order valence-electron chi connectivity index (χ4n) is 2.68. The number of H-pyrrole nitrogens is 1. The number of halogens is 1. The summed E-state index contributed by atoms with van der Waals surface area (Å²) in [5.74, 6) is 0.0984. The maximum Gasteiger partial charge on any atom is 0.223 e. The molecule has 0 saturated heterocycles. The van der Waals surface area contributed by atoms with Crippen LogP contribution in [0.15, 0.2) is 28.9 Å². The monoisotopic (exact) mass is 366 g/mol. The number of rotatable bonds is 8. The van der Waals surface area contributed by atoms with Gasteiger partial charge in [-0.1, -0.05) is 22.9 Å². The lowest BCUT2D eigenvalue weighted by atomic mass is 9.99. The lowest BCUT2D eigenvalue weighted by Gasteiger charge is -2.14. The van der Waals surface area contributed by atoms with Crippen LogP contribution in [0.2, 0.25) is 0 Å². The van der Waals surface area contributed by atoms with Gasteiger partial charge in [0.15, 0.2) is 0 Å². The number of hydrogen-bond acceptors (Lipinski definition) is 2. The fraction of sp³-hybridized carbons (Fsp3) is 0.471. The zero-order chi connectivity index (χ0) is 15.9. The third-order valence-corrected chi connectivity index (χ3v) is 4.49. The highest BCUT2D eigenvalue weighted by Gasteiger charge is 2.15. The molecule has 0 radical (unpaired) electrons. The SMILES string of the molecule is CCC(CCCO)C(=O)NCCc1c[nH]c2ccc(Br)cc12. The normalized spacial score (nSPS) is 12.5. The van der Waals surface area contributed by atoms with Crippen LogP contribution in [0.25, 0.3) is 10.9 Å². The lowest BCUT2D eigenvalue weighted by Crippen LogP contribution is -2.32. The molecule has 2 rings (SSSR count). The van der Waals surface area contributed by atoms with E-state index in [0.717, 1.165) is 29.3 Å². The number of aliphatic hydroxyl groups excluding tert-OH is 1. The van der Waals surface area contributed by atoms with Gasteiger partial charge in [-0.3, -0.25) is 4.79 Å². The Bertz CT molecular complexity index is 624. The highest BCUT2D eigenvalue weighted by atomic mass is 79.9. The Kier molecular flexibility index (Phi) is 6.46. The molecule has 5 heteroatoms. The third kappa shape index (κ3) is 4.34. The van der Waals surface area contributed by atoms with Crippen molar-refractivity contribution >= 4 is 32.7 Å². The number of benzene rings is 1. The standard InChI is InChI=1S/C17H23BrN2O2/c1-2-12(4-3-9-21)17(22)19-8-7-13-11-20-16-6-5-14(18)10-15(13)16/h5-6,10-12,20-21H,2-4,7-9H2,1H3,(H,19,22). The molecular formula is C17H23BrN2O2. The Labute approximate surface area is 139 Å². The molecule has 22 heavy (non-hydrogen) atoms. The minimum atomic E-state index is 0.00395. The maximum atomic E-state index is 12.1. The molecule has 120 valence electrons. The summed E-state index contributed by atoms with van der Waals surface area (Å²) in [5, 5.41) is 13.1. The number of carbonyl (C=O) groups excluding carboxylic acids is 1. The number of aromatic amines is 1. The van der Waals surface area contributed by atoms with Crippen molar-refractivity contribution in [1.29, 1.82) is 0 Å². The molecule has 0 bridgehead atoms. The Balaban J connectivity index is 1.89. The summed E-state index contributed by atoms with van der Waals surface area (Å²) in [6.45, 7) is 2.79. The van der Waals surface area contributed by atoms with Gasteiger partial charge in [0.25, 0.3) is 0 Å². The molecule has 1 amide bonds. The van der Waals surface area contributed by atoms with Gasteiger partial charge in [0.2, 0.25) is 5.91 Å². The summed E-state index contributed by atoms with van der Waals surface area (Å²) < 4.78 is 1.06. The van der Waals surface area contributed by atoms with Crippen LogP contribution in [-0.2, 0) is 11.2 Å². The van der Waals surface area contributed by atoms with Crippen molar-refractivity contribution in [3.8, 4) is 0 Å². The van der Waals surface area contributed by atoms with Gasteiger partial charge in [-0.05, 0) is 49.4 Å². The number of nitrogens with one attached hydrogen (secondary N) is 2. The number of aromatic nitrogens is 1. The molecule has 2 aromatic rings. The molecule has 0 spiro atoms. The van der Waals surface area contributed by atoms with Crippen LogP contribution in [0.5, 0.6) is 0 Å². The Hall–Kier alpha value is -1.33. The van der Waals surface area contributed by atoms with E-state index in [2.05, 4.69) is 32.3 Å². The van der Waals surface area contributed by atoms with Crippen molar-refractivity contribution < 1.29 is 9.90 Å². The molecule has 1 aromatic carbocycles. The molecule has 0 aliphatic heterocycles.